The molecule has 8 heteroatoms. The van der Waals surface area contributed by atoms with Gasteiger partial charge in [-0.3, -0.25) is 14.2 Å². The number of nitrogens with one attached hydrogen (secondary N) is 2. The Hall–Kier alpha value is -2.03. The van der Waals surface area contributed by atoms with Crippen LogP contribution in [-0.2, 0) is 11.3 Å². The van der Waals surface area contributed by atoms with Crippen molar-refractivity contribution in [1.82, 2.24) is 20.2 Å². The molecule has 3 rings (SSSR count). The van der Waals surface area contributed by atoms with E-state index in [1.54, 1.807) is 11.3 Å². The normalized spacial score (nSPS) is 11.1. The summed E-state index contributed by atoms with van der Waals surface area (Å²) in [6.45, 7) is 4.27. The van der Waals surface area contributed by atoms with E-state index in [0.717, 1.165) is 30.0 Å². The third-order valence-corrected chi connectivity index (χ3v) is 5.50. The van der Waals surface area contributed by atoms with Gasteiger partial charge in [0.05, 0.1) is 11.7 Å². The Kier molecular flexibility index (Phi) is 5.95. The number of fused-ring (bicyclic) bond motifs is 1. The molecule has 0 atom stereocenters. The van der Waals surface area contributed by atoms with Crippen molar-refractivity contribution < 1.29 is 4.79 Å². The van der Waals surface area contributed by atoms with Crippen LogP contribution in [0.1, 0.15) is 13.3 Å². The molecule has 6 nitrogen and oxygen atoms in total. The van der Waals surface area contributed by atoms with Gasteiger partial charge in [-0.15, -0.1) is 22.7 Å². The van der Waals surface area contributed by atoms with Crippen molar-refractivity contribution in [3.63, 3.8) is 0 Å². The average Bonchev–Trinajstić information content (AvgIpc) is 3.26. The highest BCUT2D eigenvalue weighted by Crippen LogP contribution is 2.33. The second-order valence-electron chi connectivity index (χ2n) is 5.58. The van der Waals surface area contributed by atoms with Crippen molar-refractivity contribution in [2.45, 2.75) is 19.9 Å². The van der Waals surface area contributed by atoms with E-state index in [1.807, 2.05) is 22.9 Å². The summed E-state index contributed by atoms with van der Waals surface area (Å²) in [6, 6.07) is 3.94. The van der Waals surface area contributed by atoms with E-state index in [0.29, 0.717) is 16.8 Å². The highest BCUT2D eigenvalue weighted by atomic mass is 32.1. The van der Waals surface area contributed by atoms with Crippen LogP contribution < -0.4 is 16.2 Å². The topological polar surface area (TPSA) is 76.0 Å². The molecule has 3 heterocycles. The summed E-state index contributed by atoms with van der Waals surface area (Å²) in [5, 5.41) is 10.6. The summed E-state index contributed by atoms with van der Waals surface area (Å²) in [5.74, 6) is -0.186. The first kappa shape index (κ1) is 17.8. The lowest BCUT2D eigenvalue weighted by Crippen LogP contribution is -2.36. The molecule has 0 aliphatic carbocycles. The van der Waals surface area contributed by atoms with Gasteiger partial charge in [-0.1, -0.05) is 13.0 Å². The number of aromatic nitrogens is 2. The highest BCUT2D eigenvalue weighted by Gasteiger charge is 2.15. The number of carbonyl (C=O) groups is 1. The fourth-order valence-electron chi connectivity index (χ4n) is 2.50. The van der Waals surface area contributed by atoms with Crippen LogP contribution in [0.3, 0.4) is 0 Å². The first-order valence-corrected chi connectivity index (χ1v) is 9.94. The zero-order valence-electron chi connectivity index (χ0n) is 13.9. The Morgan fingerprint density at radius 2 is 2.16 bits per heavy atom. The average molecular weight is 377 g/mol. The molecule has 0 saturated heterocycles. The number of amides is 1. The lowest BCUT2D eigenvalue weighted by Gasteiger charge is -2.08. The molecular weight excluding hydrogens is 356 g/mol. The molecule has 2 N–H and O–H groups in total. The number of thiophene rings is 2. The molecule has 0 unspecified atom stereocenters. The van der Waals surface area contributed by atoms with E-state index in [1.165, 1.54) is 22.2 Å². The maximum absolute atomic E-state index is 12.8. The maximum Gasteiger partial charge on any atom is 0.263 e. The molecule has 3 aromatic heterocycles. The third kappa shape index (κ3) is 4.15. The second kappa shape index (κ2) is 8.37. The van der Waals surface area contributed by atoms with Gasteiger partial charge < -0.3 is 10.6 Å². The van der Waals surface area contributed by atoms with Crippen molar-refractivity contribution in [2.24, 2.45) is 0 Å². The largest absolute Gasteiger partial charge is 0.353 e. The molecule has 0 saturated carbocycles. The third-order valence-electron chi connectivity index (χ3n) is 3.71. The molecule has 132 valence electrons. The van der Waals surface area contributed by atoms with Gasteiger partial charge in [0.1, 0.15) is 11.4 Å². The molecule has 1 amide bonds. The minimum absolute atomic E-state index is 0.0186. The number of carbonyl (C=O) groups excluding carboxylic acids is 1. The molecule has 0 fully saturated rings. The first-order chi connectivity index (χ1) is 12.2. The van der Waals surface area contributed by atoms with Gasteiger partial charge >= 0.3 is 0 Å². The fraction of sp³-hybridized carbons (Fsp3) is 0.353. The minimum Gasteiger partial charge on any atom is -0.353 e. The molecule has 0 aliphatic heterocycles. The van der Waals surface area contributed by atoms with Crippen LogP contribution in [0.2, 0.25) is 0 Å². The summed E-state index contributed by atoms with van der Waals surface area (Å²) in [5.41, 5.74) is 0.722. The van der Waals surface area contributed by atoms with E-state index in [4.69, 9.17) is 0 Å². The summed E-state index contributed by atoms with van der Waals surface area (Å²) >= 11 is 3.03. The van der Waals surface area contributed by atoms with E-state index in [9.17, 15) is 9.59 Å². The molecule has 0 radical (unpaired) electrons. The van der Waals surface area contributed by atoms with Gasteiger partial charge in [-0.2, -0.15) is 0 Å². The zero-order chi connectivity index (χ0) is 17.6. The van der Waals surface area contributed by atoms with Gasteiger partial charge in [0, 0.05) is 28.9 Å². The van der Waals surface area contributed by atoms with Crippen molar-refractivity contribution in [2.75, 3.05) is 19.6 Å². The summed E-state index contributed by atoms with van der Waals surface area (Å²) in [7, 11) is 0. The van der Waals surface area contributed by atoms with Crippen LogP contribution >= 0.6 is 22.7 Å². The predicted octanol–water partition coefficient (Wildman–Crippen LogP) is 2.30. The SMILES string of the molecule is CCCNCCNC(=O)Cn1cnc2scc(-c3cccs3)c2c1=O. The maximum atomic E-state index is 12.8. The first-order valence-electron chi connectivity index (χ1n) is 8.18. The van der Waals surface area contributed by atoms with Gasteiger partial charge in [-0.25, -0.2) is 4.98 Å². The van der Waals surface area contributed by atoms with E-state index in [-0.39, 0.29) is 18.0 Å². The minimum atomic E-state index is -0.186. The highest BCUT2D eigenvalue weighted by molar-refractivity contribution is 7.18. The summed E-state index contributed by atoms with van der Waals surface area (Å²) < 4.78 is 1.38. The van der Waals surface area contributed by atoms with Gasteiger partial charge in [-0.05, 0) is 24.4 Å². The van der Waals surface area contributed by atoms with Crippen molar-refractivity contribution in [1.29, 1.82) is 0 Å². The number of nitrogens with zero attached hydrogens (tertiary/aromatic N) is 2. The molecular formula is C17H20N4O2S2. The Balaban J connectivity index is 1.74. The number of hydrogen-bond acceptors (Lipinski definition) is 6. The van der Waals surface area contributed by atoms with Crippen molar-refractivity contribution >= 4 is 38.8 Å². The van der Waals surface area contributed by atoms with Gasteiger partial charge in [0.25, 0.3) is 5.56 Å². The van der Waals surface area contributed by atoms with Crippen LogP contribution in [0.15, 0.2) is 34.0 Å². The standard InChI is InChI=1S/C17H20N4O2S2/c1-2-5-18-6-7-19-14(22)9-21-11-20-16-15(17(21)23)12(10-25-16)13-4-3-8-24-13/h3-4,8,10-11,18H,2,5-7,9H2,1H3,(H,19,22). The Morgan fingerprint density at radius 1 is 1.28 bits per heavy atom. The molecule has 0 aliphatic rings. The molecule has 3 aromatic rings. The molecule has 0 bridgehead atoms. The van der Waals surface area contributed by atoms with Crippen molar-refractivity contribution in [3.05, 3.63) is 39.6 Å². The van der Waals surface area contributed by atoms with Crippen LogP contribution in [-0.4, -0.2) is 35.1 Å². The van der Waals surface area contributed by atoms with E-state index < -0.39 is 0 Å². The van der Waals surface area contributed by atoms with Crippen LogP contribution in [0, 0.1) is 0 Å². The lowest BCUT2D eigenvalue weighted by atomic mass is 10.2. The quantitative estimate of drug-likeness (QED) is 0.592. The molecule has 0 aromatic carbocycles. The molecule has 0 spiro atoms. The zero-order valence-corrected chi connectivity index (χ0v) is 15.6. The lowest BCUT2D eigenvalue weighted by molar-refractivity contribution is -0.121. The van der Waals surface area contributed by atoms with E-state index in [2.05, 4.69) is 22.5 Å². The number of rotatable bonds is 8. The summed E-state index contributed by atoms with van der Waals surface area (Å²) in [4.78, 5) is 30.9. The van der Waals surface area contributed by atoms with Gasteiger partial charge in [0.2, 0.25) is 5.91 Å². The molecule has 25 heavy (non-hydrogen) atoms. The monoisotopic (exact) mass is 376 g/mol. The Morgan fingerprint density at radius 3 is 2.92 bits per heavy atom. The number of hydrogen-bond donors (Lipinski definition) is 2. The fourth-order valence-corrected chi connectivity index (χ4v) is 4.22. The Labute approximate surface area is 153 Å². The predicted molar refractivity (Wildman–Crippen MR) is 103 cm³/mol. The van der Waals surface area contributed by atoms with E-state index >= 15 is 0 Å². The van der Waals surface area contributed by atoms with Crippen molar-refractivity contribution in [3.8, 4) is 10.4 Å². The Bertz CT molecular complexity index is 899. The van der Waals surface area contributed by atoms with Gasteiger partial charge in [0.15, 0.2) is 0 Å². The second-order valence-corrected chi connectivity index (χ2v) is 7.39. The van der Waals surface area contributed by atoms with Crippen LogP contribution in [0.25, 0.3) is 20.7 Å². The van der Waals surface area contributed by atoms with Crippen LogP contribution in [0.4, 0.5) is 0 Å². The smallest absolute Gasteiger partial charge is 0.263 e. The van der Waals surface area contributed by atoms with Crippen LogP contribution in [0.5, 0.6) is 0 Å². The summed E-state index contributed by atoms with van der Waals surface area (Å²) in [6.07, 6.45) is 2.51.